The highest BCUT2D eigenvalue weighted by atomic mass is 32.1. The second-order valence-corrected chi connectivity index (χ2v) is 3.98. The molecule has 94 valence electrons. The van der Waals surface area contributed by atoms with Gasteiger partial charge in [-0.25, -0.2) is 9.78 Å². The molecule has 5 nitrogen and oxygen atoms in total. The molecule has 0 saturated carbocycles. The monoisotopic (exact) mass is 268 g/mol. The van der Waals surface area contributed by atoms with Crippen LogP contribution in [0, 0.1) is 0 Å². The lowest BCUT2D eigenvalue weighted by atomic mass is 10.4. The Morgan fingerprint density at radius 3 is 2.53 bits per heavy atom. The van der Waals surface area contributed by atoms with E-state index < -0.39 is 24.6 Å². The first-order valence-electron chi connectivity index (χ1n) is 4.22. The van der Waals surface area contributed by atoms with Crippen molar-refractivity contribution in [1.82, 2.24) is 9.88 Å². The second kappa shape index (κ2) is 4.70. The van der Waals surface area contributed by atoms with E-state index in [1.54, 1.807) is 0 Å². The number of amides is 1. The summed E-state index contributed by atoms with van der Waals surface area (Å²) in [6.07, 6.45) is -4.50. The van der Waals surface area contributed by atoms with Gasteiger partial charge in [0.25, 0.3) is 5.91 Å². The summed E-state index contributed by atoms with van der Waals surface area (Å²) in [5, 5.41) is 9.36. The largest absolute Gasteiger partial charge is 0.476 e. The fourth-order valence-electron chi connectivity index (χ4n) is 0.974. The number of aromatic carboxylic acids is 1. The number of halogens is 3. The summed E-state index contributed by atoms with van der Waals surface area (Å²) in [6.45, 7) is -1.41. The van der Waals surface area contributed by atoms with Crippen LogP contribution in [0.5, 0.6) is 0 Å². The molecule has 0 aromatic carbocycles. The molecule has 1 amide bonds. The van der Waals surface area contributed by atoms with Gasteiger partial charge in [-0.2, -0.15) is 13.2 Å². The zero-order chi connectivity index (χ0) is 13.2. The van der Waals surface area contributed by atoms with Crippen LogP contribution in [0.4, 0.5) is 13.2 Å². The maximum absolute atomic E-state index is 12.0. The molecule has 0 bridgehead atoms. The minimum absolute atomic E-state index is 0.283. The third-order valence-electron chi connectivity index (χ3n) is 1.67. The van der Waals surface area contributed by atoms with Crippen LogP contribution >= 0.6 is 11.3 Å². The van der Waals surface area contributed by atoms with E-state index in [0.717, 1.165) is 12.4 Å². The van der Waals surface area contributed by atoms with E-state index in [2.05, 4.69) is 4.98 Å². The van der Waals surface area contributed by atoms with Gasteiger partial charge < -0.3 is 10.0 Å². The maximum atomic E-state index is 12.0. The molecule has 9 heteroatoms. The molecule has 0 radical (unpaired) electrons. The number of thiazole rings is 1. The van der Waals surface area contributed by atoms with Crippen molar-refractivity contribution in [2.75, 3.05) is 13.6 Å². The zero-order valence-electron chi connectivity index (χ0n) is 8.48. The van der Waals surface area contributed by atoms with Crippen LogP contribution < -0.4 is 0 Å². The topological polar surface area (TPSA) is 70.5 Å². The van der Waals surface area contributed by atoms with Gasteiger partial charge in [0.1, 0.15) is 6.54 Å². The zero-order valence-corrected chi connectivity index (χ0v) is 9.30. The van der Waals surface area contributed by atoms with E-state index in [4.69, 9.17) is 5.11 Å². The van der Waals surface area contributed by atoms with Gasteiger partial charge in [0.05, 0.1) is 0 Å². The quantitative estimate of drug-likeness (QED) is 0.901. The summed E-state index contributed by atoms with van der Waals surface area (Å²) in [5.41, 5.74) is -0.362. The number of aromatic nitrogens is 1. The number of carbonyl (C=O) groups is 2. The molecular weight excluding hydrogens is 261 g/mol. The van der Waals surface area contributed by atoms with Gasteiger partial charge in [-0.1, -0.05) is 0 Å². The molecule has 1 heterocycles. The van der Waals surface area contributed by atoms with Crippen molar-refractivity contribution >= 4 is 23.2 Å². The first-order valence-corrected chi connectivity index (χ1v) is 5.09. The summed E-state index contributed by atoms with van der Waals surface area (Å²) in [4.78, 5) is 25.8. The van der Waals surface area contributed by atoms with E-state index in [-0.39, 0.29) is 10.7 Å². The van der Waals surface area contributed by atoms with Crippen molar-refractivity contribution in [3.8, 4) is 0 Å². The van der Waals surface area contributed by atoms with E-state index in [0.29, 0.717) is 16.2 Å². The van der Waals surface area contributed by atoms with Gasteiger partial charge in [-0.15, -0.1) is 11.3 Å². The van der Waals surface area contributed by atoms with E-state index in [1.165, 1.54) is 0 Å². The van der Waals surface area contributed by atoms with Crippen LogP contribution in [-0.2, 0) is 0 Å². The second-order valence-electron chi connectivity index (χ2n) is 3.12. The van der Waals surface area contributed by atoms with E-state index in [9.17, 15) is 22.8 Å². The minimum atomic E-state index is -4.50. The molecule has 1 aromatic rings. The standard InChI is InChI=1S/C8H7F3N2O3S/c1-13(3-8(9,10)11)6(14)5-12-4(2-17-5)7(15)16/h2H,3H2,1H3,(H,15,16). The van der Waals surface area contributed by atoms with E-state index >= 15 is 0 Å². The SMILES string of the molecule is CN(CC(F)(F)F)C(=O)c1nc(C(=O)O)cs1. The highest BCUT2D eigenvalue weighted by Crippen LogP contribution is 2.18. The Kier molecular flexibility index (Phi) is 3.71. The van der Waals surface area contributed by atoms with Crippen molar-refractivity contribution in [2.45, 2.75) is 6.18 Å². The molecule has 1 N–H and O–H groups in total. The minimum Gasteiger partial charge on any atom is -0.476 e. The molecule has 0 aliphatic rings. The maximum Gasteiger partial charge on any atom is 0.406 e. The molecule has 0 unspecified atom stereocenters. The first-order chi connectivity index (χ1) is 7.70. The normalized spacial score (nSPS) is 11.3. The Morgan fingerprint density at radius 2 is 2.12 bits per heavy atom. The van der Waals surface area contributed by atoms with Crippen molar-refractivity contribution in [2.24, 2.45) is 0 Å². The molecule has 0 fully saturated rings. The lowest BCUT2D eigenvalue weighted by Crippen LogP contribution is -2.35. The highest BCUT2D eigenvalue weighted by molar-refractivity contribution is 7.11. The molecule has 17 heavy (non-hydrogen) atoms. The Balaban J connectivity index is 2.78. The Labute approximate surface area is 97.5 Å². The third-order valence-corrected chi connectivity index (χ3v) is 2.50. The molecule has 0 spiro atoms. The number of hydrogen-bond acceptors (Lipinski definition) is 4. The number of carbonyl (C=O) groups excluding carboxylic acids is 1. The van der Waals surface area contributed by atoms with Gasteiger partial charge >= 0.3 is 12.1 Å². The summed E-state index contributed by atoms with van der Waals surface area (Å²) < 4.78 is 36.0. The number of carboxylic acids is 1. The fraction of sp³-hybridized carbons (Fsp3) is 0.375. The predicted molar refractivity (Wildman–Crippen MR) is 52.1 cm³/mol. The van der Waals surface area contributed by atoms with E-state index in [1.807, 2.05) is 0 Å². The molecular formula is C8H7F3N2O3S. The first kappa shape index (κ1) is 13.4. The summed E-state index contributed by atoms with van der Waals surface area (Å²) in [7, 11) is 0.970. The lowest BCUT2D eigenvalue weighted by Gasteiger charge is -2.17. The molecule has 1 rings (SSSR count). The summed E-state index contributed by atoms with van der Waals surface area (Å²) in [6, 6.07) is 0. The predicted octanol–water partition coefficient (Wildman–Crippen LogP) is 1.48. The van der Waals surface area contributed by atoms with Crippen LogP contribution in [0.1, 0.15) is 20.3 Å². The molecule has 1 aromatic heterocycles. The molecule has 0 atom stereocenters. The van der Waals surface area contributed by atoms with Crippen LogP contribution in [-0.4, -0.2) is 46.6 Å². The third kappa shape index (κ3) is 3.70. The van der Waals surface area contributed by atoms with Gasteiger partial charge in [-0.05, 0) is 0 Å². The van der Waals surface area contributed by atoms with Crippen molar-refractivity contribution in [3.63, 3.8) is 0 Å². The highest BCUT2D eigenvalue weighted by Gasteiger charge is 2.32. The number of nitrogens with zero attached hydrogens (tertiary/aromatic N) is 2. The van der Waals surface area contributed by atoms with Gasteiger partial charge in [0.2, 0.25) is 0 Å². The van der Waals surface area contributed by atoms with Crippen LogP contribution in [0.3, 0.4) is 0 Å². The number of rotatable bonds is 3. The Morgan fingerprint density at radius 1 is 1.53 bits per heavy atom. The van der Waals surface area contributed by atoms with Crippen molar-refractivity contribution in [3.05, 3.63) is 16.1 Å². The van der Waals surface area contributed by atoms with Gasteiger partial charge in [0.15, 0.2) is 10.7 Å². The number of carboxylic acid groups (broad SMARTS) is 1. The smallest absolute Gasteiger partial charge is 0.406 e. The van der Waals surface area contributed by atoms with Crippen LogP contribution in [0.15, 0.2) is 5.38 Å². The Hall–Kier alpha value is -1.64. The lowest BCUT2D eigenvalue weighted by molar-refractivity contribution is -0.138. The number of alkyl halides is 3. The molecule has 0 saturated heterocycles. The van der Waals surface area contributed by atoms with Crippen molar-refractivity contribution < 1.29 is 27.9 Å². The fourth-order valence-corrected chi connectivity index (χ4v) is 1.76. The van der Waals surface area contributed by atoms with Crippen molar-refractivity contribution in [1.29, 1.82) is 0 Å². The average Bonchev–Trinajstić information content (AvgIpc) is 2.62. The molecule has 0 aliphatic carbocycles. The van der Waals surface area contributed by atoms with Crippen LogP contribution in [0.25, 0.3) is 0 Å². The molecule has 0 aliphatic heterocycles. The average molecular weight is 268 g/mol. The summed E-state index contributed by atoms with van der Waals surface area (Å²) >= 11 is 0.690. The van der Waals surface area contributed by atoms with Gasteiger partial charge in [-0.3, -0.25) is 4.79 Å². The number of hydrogen-bond donors (Lipinski definition) is 1. The summed E-state index contributed by atoms with van der Waals surface area (Å²) in [5.74, 6) is -2.29. The van der Waals surface area contributed by atoms with Crippen LogP contribution in [0.2, 0.25) is 0 Å². The van der Waals surface area contributed by atoms with Gasteiger partial charge in [0, 0.05) is 12.4 Å². The Bertz CT molecular complexity index is 443.